The van der Waals surface area contributed by atoms with Crippen molar-refractivity contribution in [1.82, 2.24) is 0 Å². The minimum Gasteiger partial charge on any atom is -0.390 e. The summed E-state index contributed by atoms with van der Waals surface area (Å²) in [5.74, 6) is 0. The van der Waals surface area contributed by atoms with Gasteiger partial charge >= 0.3 is 0 Å². The van der Waals surface area contributed by atoms with Crippen molar-refractivity contribution < 1.29 is 10.2 Å². The Labute approximate surface area is 109 Å². The Balaban J connectivity index is 2.85. The summed E-state index contributed by atoms with van der Waals surface area (Å²) < 4.78 is 0. The van der Waals surface area contributed by atoms with Gasteiger partial charge in [-0.25, -0.2) is 0 Å². The lowest BCUT2D eigenvalue weighted by Gasteiger charge is -2.18. The van der Waals surface area contributed by atoms with E-state index >= 15 is 0 Å². The Kier molecular flexibility index (Phi) is 5.43. The van der Waals surface area contributed by atoms with Crippen LogP contribution in [-0.4, -0.2) is 22.9 Å². The van der Waals surface area contributed by atoms with Crippen molar-refractivity contribution in [3.63, 3.8) is 0 Å². The molecule has 6 nitrogen and oxygen atoms in total. The summed E-state index contributed by atoms with van der Waals surface area (Å²) in [7, 11) is 0. The molecule has 1 rings (SSSR count). The zero-order chi connectivity index (χ0) is 13.5. The number of benzene rings is 1. The first-order valence-corrected chi connectivity index (χ1v) is 5.54. The number of aliphatic hydroxyl groups excluding tert-OH is 2. The standard InChI is InChI=1S/C11H11ClN4O2/c12-9-2-1-7(6-13)5-8(9)11(18)10(17)3-4-15-16-14/h1-2,5,10-11,17-18H,3-4H2. The fraction of sp³-hybridized carbons (Fsp3) is 0.364. The van der Waals surface area contributed by atoms with E-state index in [2.05, 4.69) is 10.0 Å². The van der Waals surface area contributed by atoms with Crippen LogP contribution < -0.4 is 0 Å². The molecule has 1 aromatic carbocycles. The van der Waals surface area contributed by atoms with Gasteiger partial charge in [0, 0.05) is 22.0 Å². The highest BCUT2D eigenvalue weighted by molar-refractivity contribution is 6.31. The second kappa shape index (κ2) is 6.84. The molecule has 7 heteroatoms. The second-order valence-corrected chi connectivity index (χ2v) is 4.01. The summed E-state index contributed by atoms with van der Waals surface area (Å²) in [5, 5.41) is 31.9. The van der Waals surface area contributed by atoms with Crippen LogP contribution in [0.1, 0.15) is 23.7 Å². The average molecular weight is 267 g/mol. The molecule has 0 spiro atoms. The van der Waals surface area contributed by atoms with Crippen LogP contribution in [0.2, 0.25) is 5.02 Å². The predicted molar refractivity (Wildman–Crippen MR) is 65.8 cm³/mol. The van der Waals surface area contributed by atoms with E-state index in [1.54, 1.807) is 0 Å². The highest BCUT2D eigenvalue weighted by Crippen LogP contribution is 2.27. The molecule has 1 aromatic rings. The summed E-state index contributed by atoms with van der Waals surface area (Å²) in [6.07, 6.45) is -2.22. The summed E-state index contributed by atoms with van der Waals surface area (Å²) in [6.45, 7) is 0.0737. The van der Waals surface area contributed by atoms with Crippen molar-refractivity contribution in [1.29, 1.82) is 5.26 Å². The van der Waals surface area contributed by atoms with Crippen LogP contribution >= 0.6 is 11.6 Å². The molecule has 0 radical (unpaired) electrons. The quantitative estimate of drug-likeness (QED) is 0.484. The van der Waals surface area contributed by atoms with Crippen molar-refractivity contribution >= 4 is 11.6 Å². The lowest BCUT2D eigenvalue weighted by molar-refractivity contribution is 0.0151. The maximum Gasteiger partial charge on any atom is 0.106 e. The fourth-order valence-electron chi connectivity index (χ4n) is 1.44. The molecule has 0 heterocycles. The van der Waals surface area contributed by atoms with Crippen molar-refractivity contribution in [2.24, 2.45) is 5.11 Å². The normalized spacial score (nSPS) is 13.2. The number of nitriles is 1. The number of nitrogens with zero attached hydrogens (tertiary/aromatic N) is 4. The molecule has 2 N–H and O–H groups in total. The summed E-state index contributed by atoms with van der Waals surface area (Å²) in [4.78, 5) is 2.55. The lowest BCUT2D eigenvalue weighted by Crippen LogP contribution is -2.19. The van der Waals surface area contributed by atoms with Gasteiger partial charge in [0.25, 0.3) is 0 Å². The molecule has 94 valence electrons. The van der Waals surface area contributed by atoms with Gasteiger partial charge in [0.15, 0.2) is 0 Å². The van der Waals surface area contributed by atoms with Gasteiger partial charge in [-0.3, -0.25) is 0 Å². The van der Waals surface area contributed by atoms with Crippen LogP contribution in [-0.2, 0) is 0 Å². The molecular formula is C11H11ClN4O2. The predicted octanol–water partition coefficient (Wildman–Crippen LogP) is 2.31. The number of halogens is 1. The van der Waals surface area contributed by atoms with E-state index in [1.807, 2.05) is 6.07 Å². The topological polar surface area (TPSA) is 113 Å². The molecular weight excluding hydrogens is 256 g/mol. The molecule has 0 bridgehead atoms. The first-order valence-electron chi connectivity index (χ1n) is 5.16. The van der Waals surface area contributed by atoms with Crippen LogP contribution in [0.15, 0.2) is 23.3 Å². The Hall–Kier alpha value is -1.77. The first kappa shape index (κ1) is 14.3. The Morgan fingerprint density at radius 3 is 2.83 bits per heavy atom. The third-order valence-electron chi connectivity index (χ3n) is 2.40. The SMILES string of the molecule is N#Cc1ccc(Cl)c(C(O)C(O)CCN=[N+]=[N-])c1. The fourth-order valence-corrected chi connectivity index (χ4v) is 1.67. The molecule has 0 aliphatic heterocycles. The van der Waals surface area contributed by atoms with Crippen LogP contribution in [0.5, 0.6) is 0 Å². The molecule has 0 aliphatic rings. The summed E-state index contributed by atoms with van der Waals surface area (Å²) in [6, 6.07) is 6.35. The zero-order valence-electron chi connectivity index (χ0n) is 9.36. The molecule has 2 unspecified atom stereocenters. The number of hydrogen-bond acceptors (Lipinski definition) is 4. The van der Waals surface area contributed by atoms with Crippen molar-refractivity contribution in [3.05, 3.63) is 44.8 Å². The van der Waals surface area contributed by atoms with E-state index in [9.17, 15) is 10.2 Å². The van der Waals surface area contributed by atoms with Gasteiger partial charge in [-0.15, -0.1) is 0 Å². The molecule has 0 amide bonds. The van der Waals surface area contributed by atoms with E-state index in [4.69, 9.17) is 22.4 Å². The van der Waals surface area contributed by atoms with E-state index in [0.717, 1.165) is 0 Å². The van der Waals surface area contributed by atoms with Crippen LogP contribution in [0.25, 0.3) is 10.4 Å². The van der Waals surface area contributed by atoms with E-state index in [1.165, 1.54) is 18.2 Å². The van der Waals surface area contributed by atoms with Crippen molar-refractivity contribution in [2.45, 2.75) is 18.6 Å². The van der Waals surface area contributed by atoms with Gasteiger partial charge in [0.2, 0.25) is 0 Å². The van der Waals surface area contributed by atoms with Gasteiger partial charge in [0.05, 0.1) is 17.7 Å². The van der Waals surface area contributed by atoms with Crippen LogP contribution in [0, 0.1) is 11.3 Å². The number of azide groups is 1. The van der Waals surface area contributed by atoms with Gasteiger partial charge in [0.1, 0.15) is 6.10 Å². The number of rotatable bonds is 5. The lowest BCUT2D eigenvalue weighted by atomic mass is 10.0. The van der Waals surface area contributed by atoms with E-state index in [-0.39, 0.29) is 23.6 Å². The number of hydrogen-bond donors (Lipinski definition) is 2. The van der Waals surface area contributed by atoms with E-state index < -0.39 is 12.2 Å². The van der Waals surface area contributed by atoms with Crippen LogP contribution in [0.3, 0.4) is 0 Å². The number of aliphatic hydroxyl groups is 2. The Morgan fingerprint density at radius 1 is 1.50 bits per heavy atom. The minimum atomic E-state index is -1.22. The minimum absolute atomic E-state index is 0.0737. The molecule has 2 atom stereocenters. The molecule has 0 saturated carbocycles. The Morgan fingerprint density at radius 2 is 2.22 bits per heavy atom. The van der Waals surface area contributed by atoms with Gasteiger partial charge in [-0.1, -0.05) is 16.7 Å². The molecule has 0 fully saturated rings. The van der Waals surface area contributed by atoms with Gasteiger partial charge < -0.3 is 10.2 Å². The molecule has 0 saturated heterocycles. The van der Waals surface area contributed by atoms with Crippen molar-refractivity contribution in [3.8, 4) is 6.07 Å². The third-order valence-corrected chi connectivity index (χ3v) is 2.74. The third kappa shape index (κ3) is 3.62. The maximum absolute atomic E-state index is 9.91. The van der Waals surface area contributed by atoms with E-state index in [0.29, 0.717) is 5.56 Å². The monoisotopic (exact) mass is 266 g/mol. The zero-order valence-corrected chi connectivity index (χ0v) is 10.1. The van der Waals surface area contributed by atoms with Crippen LogP contribution in [0.4, 0.5) is 0 Å². The molecule has 0 aliphatic carbocycles. The first-order chi connectivity index (χ1) is 8.60. The largest absolute Gasteiger partial charge is 0.390 e. The van der Waals surface area contributed by atoms with Gasteiger partial charge in [-0.05, 0) is 30.2 Å². The smallest absolute Gasteiger partial charge is 0.106 e. The summed E-state index contributed by atoms with van der Waals surface area (Å²) in [5.41, 5.74) is 8.73. The maximum atomic E-state index is 9.91. The van der Waals surface area contributed by atoms with Crippen molar-refractivity contribution in [2.75, 3.05) is 6.54 Å². The second-order valence-electron chi connectivity index (χ2n) is 3.60. The average Bonchev–Trinajstić information content (AvgIpc) is 2.38. The summed E-state index contributed by atoms with van der Waals surface area (Å²) >= 11 is 5.89. The highest BCUT2D eigenvalue weighted by Gasteiger charge is 2.20. The Bertz CT molecular complexity index is 508. The van der Waals surface area contributed by atoms with Gasteiger partial charge in [-0.2, -0.15) is 5.26 Å². The molecule has 18 heavy (non-hydrogen) atoms. The molecule has 0 aromatic heterocycles. The highest BCUT2D eigenvalue weighted by atomic mass is 35.5.